The highest BCUT2D eigenvalue weighted by molar-refractivity contribution is 6.02. The minimum absolute atomic E-state index is 0.218. The van der Waals surface area contributed by atoms with Crippen molar-refractivity contribution < 1.29 is 9.32 Å². The first kappa shape index (κ1) is 13.7. The van der Waals surface area contributed by atoms with Crippen LogP contribution in [0.5, 0.6) is 0 Å². The van der Waals surface area contributed by atoms with E-state index in [4.69, 9.17) is 9.78 Å². The van der Waals surface area contributed by atoms with Crippen molar-refractivity contribution in [3.05, 3.63) is 41.3 Å². The Morgan fingerprint density at radius 1 is 1.50 bits per heavy atom. The highest BCUT2D eigenvalue weighted by Crippen LogP contribution is 2.13. The SMILES string of the molecule is CCCCc1cc(NC(=O)c2ccc(C#N)cn2)on1. The maximum atomic E-state index is 11.9. The van der Waals surface area contributed by atoms with Crippen molar-refractivity contribution >= 4 is 11.8 Å². The Morgan fingerprint density at radius 3 is 3.00 bits per heavy atom. The van der Waals surface area contributed by atoms with Gasteiger partial charge in [0.2, 0.25) is 5.88 Å². The third kappa shape index (κ3) is 3.42. The van der Waals surface area contributed by atoms with Crippen LogP contribution >= 0.6 is 0 Å². The Kier molecular flexibility index (Phi) is 4.45. The normalized spacial score (nSPS) is 10.0. The molecule has 0 atom stereocenters. The standard InChI is InChI=1S/C14H14N4O2/c1-2-3-4-11-7-13(20-18-11)17-14(19)12-6-5-10(8-15)9-16-12/h5-7,9H,2-4H2,1H3,(H,17,19). The van der Waals surface area contributed by atoms with Crippen LogP contribution in [0.25, 0.3) is 0 Å². The van der Waals surface area contributed by atoms with E-state index in [1.807, 2.05) is 6.07 Å². The fourth-order valence-electron chi connectivity index (χ4n) is 1.62. The molecule has 0 aliphatic rings. The van der Waals surface area contributed by atoms with Gasteiger partial charge in [-0.25, -0.2) is 4.98 Å². The van der Waals surface area contributed by atoms with Crippen molar-refractivity contribution in [1.82, 2.24) is 10.1 Å². The van der Waals surface area contributed by atoms with Crippen molar-refractivity contribution in [2.24, 2.45) is 0 Å². The summed E-state index contributed by atoms with van der Waals surface area (Å²) >= 11 is 0. The Morgan fingerprint density at radius 2 is 2.35 bits per heavy atom. The number of amides is 1. The van der Waals surface area contributed by atoms with Crippen LogP contribution in [-0.4, -0.2) is 16.0 Å². The molecule has 1 amide bonds. The van der Waals surface area contributed by atoms with Gasteiger partial charge < -0.3 is 4.52 Å². The summed E-state index contributed by atoms with van der Waals surface area (Å²) in [5, 5.41) is 15.1. The molecule has 0 radical (unpaired) electrons. The van der Waals surface area contributed by atoms with Crippen LogP contribution in [0.15, 0.2) is 28.9 Å². The van der Waals surface area contributed by atoms with Gasteiger partial charge >= 0.3 is 0 Å². The number of hydrogen-bond acceptors (Lipinski definition) is 5. The zero-order valence-electron chi connectivity index (χ0n) is 11.1. The average molecular weight is 270 g/mol. The molecule has 0 aliphatic heterocycles. The monoisotopic (exact) mass is 270 g/mol. The van der Waals surface area contributed by atoms with Crippen molar-refractivity contribution in [2.45, 2.75) is 26.2 Å². The van der Waals surface area contributed by atoms with Crippen LogP contribution in [0.3, 0.4) is 0 Å². The highest BCUT2D eigenvalue weighted by Gasteiger charge is 2.11. The molecule has 2 rings (SSSR count). The molecule has 2 aromatic heterocycles. The fraction of sp³-hybridized carbons (Fsp3) is 0.286. The summed E-state index contributed by atoms with van der Waals surface area (Å²) in [6, 6.07) is 6.67. The Hall–Kier alpha value is -2.68. The van der Waals surface area contributed by atoms with Gasteiger partial charge in [0.05, 0.1) is 11.3 Å². The van der Waals surface area contributed by atoms with E-state index in [1.165, 1.54) is 18.3 Å². The summed E-state index contributed by atoms with van der Waals surface area (Å²) in [5.41, 5.74) is 1.44. The van der Waals surface area contributed by atoms with Crippen molar-refractivity contribution in [3.63, 3.8) is 0 Å². The molecule has 2 heterocycles. The minimum atomic E-state index is -0.396. The Labute approximate surface area is 116 Å². The van der Waals surface area contributed by atoms with E-state index in [1.54, 1.807) is 6.07 Å². The molecule has 6 heteroatoms. The molecule has 0 saturated heterocycles. The average Bonchev–Trinajstić information content (AvgIpc) is 2.92. The summed E-state index contributed by atoms with van der Waals surface area (Å²) in [7, 11) is 0. The van der Waals surface area contributed by atoms with Gasteiger partial charge in [-0.05, 0) is 25.0 Å². The van der Waals surface area contributed by atoms with Crippen molar-refractivity contribution in [3.8, 4) is 6.07 Å². The Balaban J connectivity index is 2.00. The number of nitrogens with zero attached hydrogens (tertiary/aromatic N) is 3. The molecule has 102 valence electrons. The third-order valence-corrected chi connectivity index (χ3v) is 2.71. The lowest BCUT2D eigenvalue weighted by Crippen LogP contribution is -2.13. The molecule has 0 aliphatic carbocycles. The second kappa shape index (κ2) is 6.48. The number of unbranched alkanes of at least 4 members (excludes halogenated alkanes) is 1. The second-order valence-corrected chi connectivity index (χ2v) is 4.28. The molecule has 0 spiro atoms. The van der Waals surface area contributed by atoms with Crippen LogP contribution in [0.1, 0.15) is 41.5 Å². The smallest absolute Gasteiger partial charge is 0.276 e. The minimum Gasteiger partial charge on any atom is -0.338 e. The predicted molar refractivity (Wildman–Crippen MR) is 72.0 cm³/mol. The molecule has 0 aromatic carbocycles. The molecule has 6 nitrogen and oxygen atoms in total. The van der Waals surface area contributed by atoms with Gasteiger partial charge in [0.25, 0.3) is 5.91 Å². The molecule has 0 saturated carbocycles. The predicted octanol–water partition coefficient (Wildman–Crippen LogP) is 2.54. The molecule has 1 N–H and O–H groups in total. The van der Waals surface area contributed by atoms with E-state index in [2.05, 4.69) is 22.4 Å². The van der Waals surface area contributed by atoms with Crippen LogP contribution in [-0.2, 0) is 6.42 Å². The lowest BCUT2D eigenvalue weighted by molar-refractivity contribution is 0.101. The summed E-state index contributed by atoms with van der Waals surface area (Å²) in [6.45, 7) is 2.10. The number of carbonyl (C=O) groups excluding carboxylic acids is 1. The number of pyridine rings is 1. The van der Waals surface area contributed by atoms with Gasteiger partial charge in [-0.3, -0.25) is 10.1 Å². The first-order valence-corrected chi connectivity index (χ1v) is 6.36. The van der Waals surface area contributed by atoms with E-state index in [9.17, 15) is 4.79 Å². The maximum absolute atomic E-state index is 11.9. The lowest BCUT2D eigenvalue weighted by Gasteiger charge is -1.99. The summed E-state index contributed by atoms with van der Waals surface area (Å²) < 4.78 is 5.04. The second-order valence-electron chi connectivity index (χ2n) is 4.28. The molecule has 0 bridgehead atoms. The van der Waals surface area contributed by atoms with E-state index >= 15 is 0 Å². The molecule has 0 unspecified atom stereocenters. The van der Waals surface area contributed by atoms with Crippen LogP contribution in [0.4, 0.5) is 5.88 Å². The zero-order chi connectivity index (χ0) is 14.4. The van der Waals surface area contributed by atoms with Gasteiger partial charge in [-0.2, -0.15) is 5.26 Å². The molecular weight excluding hydrogens is 256 g/mol. The summed E-state index contributed by atoms with van der Waals surface area (Å²) in [4.78, 5) is 15.8. The maximum Gasteiger partial charge on any atom is 0.276 e. The Bertz CT molecular complexity index is 625. The largest absolute Gasteiger partial charge is 0.338 e. The number of aromatic nitrogens is 2. The van der Waals surface area contributed by atoms with Gasteiger partial charge in [-0.15, -0.1) is 0 Å². The molecule has 2 aromatic rings. The first-order chi connectivity index (χ1) is 9.72. The van der Waals surface area contributed by atoms with Gasteiger partial charge in [-0.1, -0.05) is 18.5 Å². The quantitative estimate of drug-likeness (QED) is 0.901. The van der Waals surface area contributed by atoms with Gasteiger partial charge in [0.1, 0.15) is 11.8 Å². The number of carbonyl (C=O) groups is 1. The topological polar surface area (TPSA) is 91.8 Å². The third-order valence-electron chi connectivity index (χ3n) is 2.71. The van der Waals surface area contributed by atoms with Gasteiger partial charge in [0, 0.05) is 12.3 Å². The van der Waals surface area contributed by atoms with Gasteiger partial charge in [0.15, 0.2) is 0 Å². The number of anilines is 1. The van der Waals surface area contributed by atoms with Crippen molar-refractivity contribution in [1.29, 1.82) is 5.26 Å². The fourth-order valence-corrected chi connectivity index (χ4v) is 1.62. The van der Waals surface area contributed by atoms with Crippen LogP contribution in [0.2, 0.25) is 0 Å². The van der Waals surface area contributed by atoms with E-state index in [0.717, 1.165) is 25.0 Å². The van der Waals surface area contributed by atoms with E-state index in [0.29, 0.717) is 11.4 Å². The number of hydrogen-bond donors (Lipinski definition) is 1. The number of nitriles is 1. The van der Waals surface area contributed by atoms with Crippen LogP contribution < -0.4 is 5.32 Å². The molecule has 0 fully saturated rings. The summed E-state index contributed by atoms with van der Waals surface area (Å²) in [6.07, 6.45) is 4.27. The van der Waals surface area contributed by atoms with Crippen molar-refractivity contribution in [2.75, 3.05) is 5.32 Å². The molecule has 20 heavy (non-hydrogen) atoms. The van der Waals surface area contributed by atoms with E-state index in [-0.39, 0.29) is 5.69 Å². The number of nitrogens with one attached hydrogen (secondary N) is 1. The molecular formula is C14H14N4O2. The first-order valence-electron chi connectivity index (χ1n) is 6.36. The number of aryl methyl sites for hydroxylation is 1. The lowest BCUT2D eigenvalue weighted by atomic mass is 10.2. The number of rotatable bonds is 5. The highest BCUT2D eigenvalue weighted by atomic mass is 16.5. The zero-order valence-corrected chi connectivity index (χ0v) is 11.1. The van der Waals surface area contributed by atoms with E-state index < -0.39 is 5.91 Å². The van der Waals surface area contributed by atoms with Crippen LogP contribution in [0, 0.1) is 11.3 Å². The summed E-state index contributed by atoms with van der Waals surface area (Å²) in [5.74, 6) is -0.0973.